The van der Waals surface area contributed by atoms with Crippen LogP contribution in [-0.2, 0) is 6.18 Å². The highest BCUT2D eigenvalue weighted by Gasteiger charge is 2.31. The number of nitrogens with one attached hydrogen (secondary N) is 1. The molecule has 2 heterocycles. The number of halogens is 4. The predicted molar refractivity (Wildman–Crippen MR) is 90.2 cm³/mol. The maximum Gasteiger partial charge on any atom is 0.416 e. The van der Waals surface area contributed by atoms with Crippen LogP contribution >= 0.6 is 11.6 Å². The van der Waals surface area contributed by atoms with E-state index in [2.05, 4.69) is 20.3 Å². The van der Waals surface area contributed by atoms with Gasteiger partial charge in [0.1, 0.15) is 0 Å². The third kappa shape index (κ3) is 3.41. The Kier molecular flexibility index (Phi) is 4.46. The van der Waals surface area contributed by atoms with Crippen LogP contribution in [-0.4, -0.2) is 19.5 Å². The number of fused-ring (bicyclic) bond motifs is 1. The maximum absolute atomic E-state index is 13.0. The molecule has 134 valence electrons. The Morgan fingerprint density at radius 1 is 1.23 bits per heavy atom. The largest absolute Gasteiger partial charge is 0.416 e. The highest BCUT2D eigenvalue weighted by molar-refractivity contribution is 6.28. The van der Waals surface area contributed by atoms with E-state index in [0.29, 0.717) is 11.2 Å². The van der Waals surface area contributed by atoms with E-state index < -0.39 is 11.7 Å². The molecule has 0 aliphatic heterocycles. The first kappa shape index (κ1) is 17.9. The lowest BCUT2D eigenvalue weighted by Gasteiger charge is -2.12. The molecule has 3 rings (SSSR count). The minimum absolute atomic E-state index is 0.0477. The van der Waals surface area contributed by atoms with Crippen molar-refractivity contribution in [2.75, 3.05) is 5.32 Å². The number of nitrogens with zero attached hydrogens (tertiary/aromatic N) is 5. The number of benzene rings is 1. The minimum atomic E-state index is -4.58. The number of anilines is 2. The van der Waals surface area contributed by atoms with Crippen LogP contribution in [0.4, 0.5) is 24.7 Å². The van der Waals surface area contributed by atoms with E-state index in [9.17, 15) is 13.2 Å². The van der Waals surface area contributed by atoms with Gasteiger partial charge in [-0.3, -0.25) is 0 Å². The number of imidazole rings is 1. The molecular formula is C16H12ClF3N6. The van der Waals surface area contributed by atoms with Crippen molar-refractivity contribution in [2.45, 2.75) is 26.1 Å². The number of rotatable bonds is 3. The molecule has 0 aliphatic rings. The Morgan fingerprint density at radius 3 is 2.58 bits per heavy atom. The molecule has 0 fully saturated rings. The molecular weight excluding hydrogens is 369 g/mol. The molecule has 0 atom stereocenters. The van der Waals surface area contributed by atoms with Crippen molar-refractivity contribution in [2.24, 2.45) is 0 Å². The van der Waals surface area contributed by atoms with Gasteiger partial charge in [-0.1, -0.05) is 0 Å². The zero-order valence-corrected chi connectivity index (χ0v) is 14.4. The van der Waals surface area contributed by atoms with Crippen LogP contribution in [0, 0.1) is 11.3 Å². The normalized spacial score (nSPS) is 11.8. The van der Waals surface area contributed by atoms with Crippen LogP contribution in [0.15, 0.2) is 24.5 Å². The molecule has 1 N–H and O–H groups in total. The van der Waals surface area contributed by atoms with Crippen molar-refractivity contribution in [3.63, 3.8) is 0 Å². The smallest absolute Gasteiger partial charge is 0.338 e. The van der Waals surface area contributed by atoms with Crippen LogP contribution in [0.1, 0.15) is 31.0 Å². The Balaban J connectivity index is 2.11. The van der Waals surface area contributed by atoms with E-state index in [0.717, 1.165) is 12.1 Å². The molecule has 2 aromatic heterocycles. The summed E-state index contributed by atoms with van der Waals surface area (Å²) >= 11 is 5.95. The van der Waals surface area contributed by atoms with Crippen LogP contribution in [0.25, 0.3) is 11.2 Å². The summed E-state index contributed by atoms with van der Waals surface area (Å²) < 4.78 is 40.9. The second-order valence-corrected chi connectivity index (χ2v) is 6.13. The van der Waals surface area contributed by atoms with Crippen LogP contribution < -0.4 is 5.32 Å². The molecule has 6 nitrogen and oxygen atoms in total. The van der Waals surface area contributed by atoms with E-state index in [1.807, 2.05) is 13.8 Å². The molecule has 26 heavy (non-hydrogen) atoms. The second-order valence-electron chi connectivity index (χ2n) is 5.79. The number of hydrogen-bond acceptors (Lipinski definition) is 5. The fraction of sp³-hybridized carbons (Fsp3) is 0.250. The number of nitriles is 1. The summed E-state index contributed by atoms with van der Waals surface area (Å²) in [6.45, 7) is 3.85. The van der Waals surface area contributed by atoms with Gasteiger partial charge in [-0.05, 0) is 43.6 Å². The monoisotopic (exact) mass is 380 g/mol. The van der Waals surface area contributed by atoms with Gasteiger partial charge in [-0.2, -0.15) is 28.4 Å². The van der Waals surface area contributed by atoms with Gasteiger partial charge < -0.3 is 9.88 Å². The van der Waals surface area contributed by atoms with Gasteiger partial charge in [0.05, 0.1) is 23.5 Å². The molecule has 1 aromatic carbocycles. The zero-order valence-electron chi connectivity index (χ0n) is 13.6. The first-order chi connectivity index (χ1) is 12.2. The lowest BCUT2D eigenvalue weighted by molar-refractivity contribution is -0.137. The lowest BCUT2D eigenvalue weighted by atomic mass is 10.1. The van der Waals surface area contributed by atoms with Crippen molar-refractivity contribution in [1.82, 2.24) is 19.5 Å². The fourth-order valence-corrected chi connectivity index (χ4v) is 2.58. The third-order valence-corrected chi connectivity index (χ3v) is 3.77. The summed E-state index contributed by atoms with van der Waals surface area (Å²) in [7, 11) is 0. The van der Waals surface area contributed by atoms with E-state index >= 15 is 0 Å². The molecule has 10 heteroatoms. The van der Waals surface area contributed by atoms with Gasteiger partial charge in [0.15, 0.2) is 17.0 Å². The Bertz CT molecular complexity index is 1020. The van der Waals surface area contributed by atoms with Crippen molar-refractivity contribution >= 4 is 34.3 Å². The summed E-state index contributed by atoms with van der Waals surface area (Å²) in [5.41, 5.74) is -0.213. The highest BCUT2D eigenvalue weighted by Crippen LogP contribution is 2.33. The van der Waals surface area contributed by atoms with Gasteiger partial charge in [-0.25, -0.2) is 4.98 Å². The maximum atomic E-state index is 13.0. The molecule has 0 unspecified atom stereocenters. The molecule has 3 aromatic rings. The Labute approximate surface area is 151 Å². The number of aromatic nitrogens is 4. The van der Waals surface area contributed by atoms with E-state index in [4.69, 9.17) is 16.9 Å². The van der Waals surface area contributed by atoms with Crippen LogP contribution in [0.3, 0.4) is 0 Å². The van der Waals surface area contributed by atoms with E-state index in [-0.39, 0.29) is 28.4 Å². The van der Waals surface area contributed by atoms with Crippen LogP contribution in [0.2, 0.25) is 5.28 Å². The number of alkyl halides is 3. The SMILES string of the molecule is CC(C)n1cnc2c(Nc3cc(C#N)cc(C(F)(F)F)c3)nc(Cl)nc21. The zero-order chi connectivity index (χ0) is 19.1. The predicted octanol–water partition coefficient (Wildman–Crippen LogP) is 4.69. The quantitative estimate of drug-likeness (QED) is 0.666. The van der Waals surface area contributed by atoms with Crippen molar-refractivity contribution < 1.29 is 13.2 Å². The van der Waals surface area contributed by atoms with Crippen molar-refractivity contribution in [3.8, 4) is 6.07 Å². The summed E-state index contributed by atoms with van der Waals surface area (Å²) in [4.78, 5) is 12.4. The standard InChI is InChI=1S/C16H12ClF3N6/c1-8(2)26-7-22-12-13(24-15(17)25-14(12)26)23-11-4-9(6-21)3-10(5-11)16(18,19)20/h3-5,7-8H,1-2H3,(H,23,24,25). The topological polar surface area (TPSA) is 79.4 Å². The summed E-state index contributed by atoms with van der Waals surface area (Å²) in [5, 5.41) is 11.7. The molecule has 0 saturated heterocycles. The molecule has 0 amide bonds. The second kappa shape index (κ2) is 6.46. The first-order valence-electron chi connectivity index (χ1n) is 7.48. The molecule has 0 spiro atoms. The number of hydrogen-bond donors (Lipinski definition) is 1. The summed E-state index contributed by atoms with van der Waals surface area (Å²) in [6.07, 6.45) is -3.03. The van der Waals surface area contributed by atoms with Gasteiger partial charge in [0, 0.05) is 11.7 Å². The van der Waals surface area contributed by atoms with Crippen LogP contribution in [0.5, 0.6) is 0 Å². The summed E-state index contributed by atoms with van der Waals surface area (Å²) in [5.74, 6) is 0.155. The fourth-order valence-electron chi connectivity index (χ4n) is 2.42. The molecule has 0 aliphatic carbocycles. The van der Waals surface area contributed by atoms with Gasteiger partial charge in [-0.15, -0.1) is 0 Å². The molecule has 0 saturated carbocycles. The highest BCUT2D eigenvalue weighted by atomic mass is 35.5. The van der Waals surface area contributed by atoms with Crippen molar-refractivity contribution in [1.29, 1.82) is 5.26 Å². The summed E-state index contributed by atoms with van der Waals surface area (Å²) in [6, 6.07) is 4.73. The molecule has 0 bridgehead atoms. The Hall–Kier alpha value is -2.86. The minimum Gasteiger partial charge on any atom is -0.338 e. The average Bonchev–Trinajstić information content (AvgIpc) is 2.97. The van der Waals surface area contributed by atoms with Gasteiger partial charge >= 0.3 is 6.18 Å². The van der Waals surface area contributed by atoms with Gasteiger partial charge in [0.2, 0.25) is 5.28 Å². The van der Waals surface area contributed by atoms with Crippen molar-refractivity contribution in [3.05, 3.63) is 40.9 Å². The third-order valence-electron chi connectivity index (χ3n) is 3.60. The average molecular weight is 381 g/mol. The Morgan fingerprint density at radius 2 is 1.96 bits per heavy atom. The van der Waals surface area contributed by atoms with Gasteiger partial charge in [0.25, 0.3) is 0 Å². The lowest BCUT2D eigenvalue weighted by Crippen LogP contribution is -2.07. The first-order valence-corrected chi connectivity index (χ1v) is 7.86. The van der Waals surface area contributed by atoms with E-state index in [1.165, 1.54) is 6.07 Å². The molecule has 0 radical (unpaired) electrons. The van der Waals surface area contributed by atoms with E-state index in [1.54, 1.807) is 17.0 Å².